The number of hydrogen-bond acceptors (Lipinski definition) is 6. The SMILES string of the molecule is COc1ccc(-c2csc(C(C#N)=CNc3cccc4ccc(C)nc34)n2)cc1. The van der Waals surface area contributed by atoms with E-state index in [1.807, 2.05) is 66.9 Å². The van der Waals surface area contributed by atoms with E-state index >= 15 is 0 Å². The Morgan fingerprint density at radius 2 is 1.93 bits per heavy atom. The number of allylic oxidation sites excluding steroid dienone is 1. The molecule has 2 aromatic carbocycles. The summed E-state index contributed by atoms with van der Waals surface area (Å²) in [7, 11) is 1.64. The first kappa shape index (κ1) is 18.7. The average molecular weight is 398 g/mol. The third-order valence-electron chi connectivity index (χ3n) is 4.47. The number of nitrogens with one attached hydrogen (secondary N) is 1. The Morgan fingerprint density at radius 3 is 2.69 bits per heavy atom. The van der Waals surface area contributed by atoms with Crippen molar-refractivity contribution in [3.63, 3.8) is 0 Å². The summed E-state index contributed by atoms with van der Waals surface area (Å²) in [5.41, 5.74) is 4.95. The monoisotopic (exact) mass is 398 g/mol. The van der Waals surface area contributed by atoms with Crippen LogP contribution in [0.25, 0.3) is 27.7 Å². The van der Waals surface area contributed by atoms with E-state index in [-0.39, 0.29) is 0 Å². The maximum absolute atomic E-state index is 9.64. The molecule has 4 rings (SSSR count). The number of aryl methyl sites for hydroxylation is 1. The summed E-state index contributed by atoms with van der Waals surface area (Å²) in [5.74, 6) is 0.796. The van der Waals surface area contributed by atoms with E-state index in [0.717, 1.165) is 39.3 Å². The molecule has 4 aromatic rings. The van der Waals surface area contributed by atoms with Crippen LogP contribution in [-0.2, 0) is 0 Å². The summed E-state index contributed by atoms with van der Waals surface area (Å²) in [6.45, 7) is 1.96. The lowest BCUT2D eigenvalue weighted by Gasteiger charge is -2.06. The minimum Gasteiger partial charge on any atom is -0.497 e. The molecule has 0 radical (unpaired) electrons. The van der Waals surface area contributed by atoms with Gasteiger partial charge in [-0.2, -0.15) is 5.26 Å². The zero-order valence-corrected chi connectivity index (χ0v) is 16.8. The smallest absolute Gasteiger partial charge is 0.136 e. The minimum atomic E-state index is 0.472. The molecule has 0 unspecified atom stereocenters. The summed E-state index contributed by atoms with van der Waals surface area (Å²) in [6, 6.07) is 19.9. The fourth-order valence-corrected chi connectivity index (χ4v) is 3.74. The number of anilines is 1. The molecule has 0 spiro atoms. The third kappa shape index (κ3) is 3.96. The van der Waals surface area contributed by atoms with Crippen molar-refractivity contribution in [1.29, 1.82) is 5.26 Å². The van der Waals surface area contributed by atoms with Crippen LogP contribution in [0.5, 0.6) is 5.75 Å². The van der Waals surface area contributed by atoms with Gasteiger partial charge in [-0.05, 0) is 43.3 Å². The fourth-order valence-electron chi connectivity index (χ4n) is 2.94. The van der Waals surface area contributed by atoms with Crippen molar-refractivity contribution in [3.05, 3.63) is 76.9 Å². The van der Waals surface area contributed by atoms with E-state index in [9.17, 15) is 5.26 Å². The number of fused-ring (bicyclic) bond motifs is 1. The highest BCUT2D eigenvalue weighted by molar-refractivity contribution is 7.11. The molecule has 2 aromatic heterocycles. The van der Waals surface area contributed by atoms with Crippen molar-refractivity contribution < 1.29 is 4.74 Å². The van der Waals surface area contributed by atoms with Gasteiger partial charge in [-0.1, -0.05) is 18.2 Å². The Labute approximate surface area is 172 Å². The fraction of sp³-hybridized carbons (Fsp3) is 0.0870. The lowest BCUT2D eigenvalue weighted by molar-refractivity contribution is 0.415. The average Bonchev–Trinajstić information content (AvgIpc) is 3.24. The number of para-hydroxylation sites is 1. The van der Waals surface area contributed by atoms with Crippen LogP contribution in [-0.4, -0.2) is 17.1 Å². The van der Waals surface area contributed by atoms with Crippen LogP contribution >= 0.6 is 11.3 Å². The number of rotatable bonds is 5. The molecule has 0 aliphatic heterocycles. The van der Waals surface area contributed by atoms with Gasteiger partial charge < -0.3 is 10.1 Å². The standard InChI is InChI=1S/C23H18N4OS/c1-15-6-7-17-4-3-5-20(22(17)26-15)25-13-18(12-24)23-27-21(14-29-23)16-8-10-19(28-2)11-9-16/h3-11,13-14,25H,1-2H3. The van der Waals surface area contributed by atoms with Gasteiger partial charge in [-0.15, -0.1) is 11.3 Å². The van der Waals surface area contributed by atoms with Crippen molar-refractivity contribution in [2.75, 3.05) is 12.4 Å². The van der Waals surface area contributed by atoms with Gasteiger partial charge in [0.2, 0.25) is 0 Å². The number of nitrogens with zero attached hydrogens (tertiary/aromatic N) is 3. The van der Waals surface area contributed by atoms with Crippen molar-refractivity contribution in [2.45, 2.75) is 6.92 Å². The molecule has 2 heterocycles. The molecule has 5 nitrogen and oxygen atoms in total. The van der Waals surface area contributed by atoms with Gasteiger partial charge in [0.05, 0.1) is 24.0 Å². The van der Waals surface area contributed by atoms with Gasteiger partial charge in [0, 0.05) is 28.2 Å². The Balaban J connectivity index is 1.61. The topological polar surface area (TPSA) is 70.8 Å². The van der Waals surface area contributed by atoms with E-state index in [4.69, 9.17) is 4.74 Å². The van der Waals surface area contributed by atoms with Gasteiger partial charge in [-0.25, -0.2) is 4.98 Å². The first-order valence-electron chi connectivity index (χ1n) is 9.01. The van der Waals surface area contributed by atoms with Crippen molar-refractivity contribution in [1.82, 2.24) is 9.97 Å². The first-order valence-corrected chi connectivity index (χ1v) is 9.89. The maximum atomic E-state index is 9.64. The Bertz CT molecular complexity index is 1240. The third-order valence-corrected chi connectivity index (χ3v) is 5.35. The number of benzene rings is 2. The second kappa shape index (κ2) is 8.13. The van der Waals surface area contributed by atoms with Gasteiger partial charge in [0.15, 0.2) is 0 Å². The molecular weight excluding hydrogens is 380 g/mol. The molecule has 0 saturated carbocycles. The summed E-state index contributed by atoms with van der Waals surface area (Å²) in [4.78, 5) is 9.24. The summed E-state index contributed by atoms with van der Waals surface area (Å²) < 4.78 is 5.19. The zero-order valence-electron chi connectivity index (χ0n) is 16.0. The number of methoxy groups -OCH3 is 1. The molecule has 0 aliphatic rings. The van der Waals surface area contributed by atoms with Crippen LogP contribution in [0.4, 0.5) is 5.69 Å². The van der Waals surface area contributed by atoms with Crippen LogP contribution in [0.3, 0.4) is 0 Å². The molecular formula is C23H18N4OS. The zero-order chi connectivity index (χ0) is 20.2. The Kier molecular flexibility index (Phi) is 5.23. The van der Waals surface area contributed by atoms with Crippen LogP contribution in [0.15, 0.2) is 66.2 Å². The second-order valence-electron chi connectivity index (χ2n) is 6.41. The first-order chi connectivity index (χ1) is 14.2. The highest BCUT2D eigenvalue weighted by atomic mass is 32.1. The van der Waals surface area contributed by atoms with Crippen molar-refractivity contribution in [3.8, 4) is 23.1 Å². The van der Waals surface area contributed by atoms with Gasteiger partial charge in [0.1, 0.15) is 22.4 Å². The number of ether oxygens (including phenoxy) is 1. The molecule has 6 heteroatoms. The van der Waals surface area contributed by atoms with E-state index in [1.54, 1.807) is 13.3 Å². The molecule has 0 atom stereocenters. The number of nitriles is 1. The second-order valence-corrected chi connectivity index (χ2v) is 7.27. The van der Waals surface area contributed by atoms with Gasteiger partial charge in [0.25, 0.3) is 0 Å². The lowest BCUT2D eigenvalue weighted by Crippen LogP contribution is -1.94. The molecule has 0 aliphatic carbocycles. The van der Waals surface area contributed by atoms with E-state index in [1.165, 1.54) is 11.3 Å². The number of aromatic nitrogens is 2. The van der Waals surface area contributed by atoms with Crippen molar-refractivity contribution >= 4 is 33.5 Å². The highest BCUT2D eigenvalue weighted by Crippen LogP contribution is 2.28. The van der Waals surface area contributed by atoms with Gasteiger partial charge >= 0.3 is 0 Å². The normalized spacial score (nSPS) is 11.3. The van der Waals surface area contributed by atoms with Crippen LogP contribution in [0, 0.1) is 18.3 Å². The van der Waals surface area contributed by atoms with Crippen LogP contribution in [0.1, 0.15) is 10.7 Å². The van der Waals surface area contributed by atoms with E-state index in [2.05, 4.69) is 21.4 Å². The number of thiazole rings is 1. The summed E-state index contributed by atoms with van der Waals surface area (Å²) in [5, 5.41) is 16.5. The molecule has 0 fully saturated rings. The minimum absolute atomic E-state index is 0.472. The Morgan fingerprint density at radius 1 is 1.10 bits per heavy atom. The number of pyridine rings is 1. The van der Waals surface area contributed by atoms with E-state index in [0.29, 0.717) is 10.6 Å². The quantitative estimate of drug-likeness (QED) is 0.440. The van der Waals surface area contributed by atoms with Gasteiger partial charge in [-0.3, -0.25) is 4.98 Å². The molecule has 29 heavy (non-hydrogen) atoms. The summed E-state index contributed by atoms with van der Waals surface area (Å²) >= 11 is 1.44. The molecule has 142 valence electrons. The maximum Gasteiger partial charge on any atom is 0.136 e. The molecule has 0 amide bonds. The Hall–Kier alpha value is -3.69. The lowest BCUT2D eigenvalue weighted by atomic mass is 10.1. The van der Waals surface area contributed by atoms with Crippen molar-refractivity contribution in [2.24, 2.45) is 0 Å². The van der Waals surface area contributed by atoms with Crippen LogP contribution < -0.4 is 10.1 Å². The predicted molar refractivity (Wildman–Crippen MR) is 118 cm³/mol. The molecule has 0 bridgehead atoms. The van der Waals surface area contributed by atoms with E-state index < -0.39 is 0 Å². The predicted octanol–water partition coefficient (Wildman–Crippen LogP) is 5.65. The molecule has 0 saturated heterocycles. The highest BCUT2D eigenvalue weighted by Gasteiger charge is 2.10. The summed E-state index contributed by atoms with van der Waals surface area (Å²) in [6.07, 6.45) is 1.69. The number of hydrogen-bond donors (Lipinski definition) is 1. The largest absolute Gasteiger partial charge is 0.497 e. The molecule has 1 N–H and O–H groups in total. The van der Waals surface area contributed by atoms with Crippen LogP contribution in [0.2, 0.25) is 0 Å².